The van der Waals surface area contributed by atoms with Crippen LogP contribution in [-0.4, -0.2) is 24.3 Å². The molecule has 2 fully saturated rings. The average molecular weight is 485 g/mol. The Morgan fingerprint density at radius 3 is 2.76 bits per heavy atom. The first-order valence-electron chi connectivity index (χ1n) is 11.5. The first-order valence-corrected chi connectivity index (χ1v) is 13.8. The van der Waals surface area contributed by atoms with Crippen LogP contribution in [0, 0.1) is 23.2 Å². The third-order valence-electron chi connectivity index (χ3n) is 7.33. The predicted molar refractivity (Wildman–Crippen MR) is 129 cm³/mol. The topological polar surface area (TPSA) is 101 Å². The lowest BCUT2D eigenvalue weighted by Crippen LogP contribution is -2.34. The molecule has 2 N–H and O–H groups in total. The molecule has 2 aromatic heterocycles. The van der Waals surface area contributed by atoms with E-state index in [1.54, 1.807) is 36.8 Å². The van der Waals surface area contributed by atoms with E-state index in [-0.39, 0.29) is 23.3 Å². The molecule has 1 amide bonds. The molecule has 3 atom stereocenters. The number of allylic oxidation sites excluding steroid dienone is 3. The van der Waals surface area contributed by atoms with Crippen molar-refractivity contribution in [3.8, 4) is 0 Å². The summed E-state index contributed by atoms with van der Waals surface area (Å²) in [5, 5.41) is 5.50. The second-order valence-electron chi connectivity index (χ2n) is 9.18. The highest BCUT2D eigenvalue weighted by Crippen LogP contribution is 2.65. The number of aromatic nitrogens is 2. The van der Waals surface area contributed by atoms with Crippen LogP contribution in [-0.2, 0) is 21.4 Å². The molecule has 1 unspecified atom stereocenters. The normalized spacial score (nSPS) is 27.3. The van der Waals surface area contributed by atoms with Crippen molar-refractivity contribution in [1.29, 1.82) is 0 Å². The maximum Gasteiger partial charge on any atom is 0.240 e. The number of nitrogens with one attached hydrogen (secondary N) is 2. The smallest absolute Gasteiger partial charge is 0.240 e. The zero-order chi connectivity index (χ0) is 22.9. The molecule has 2 aromatic rings. The fourth-order valence-electron chi connectivity index (χ4n) is 5.55. The Balaban J connectivity index is 1.30. The number of rotatable bonds is 8. The summed E-state index contributed by atoms with van der Waals surface area (Å²) in [6.45, 7) is 0.189. The minimum atomic E-state index is -3.63. The van der Waals surface area contributed by atoms with Gasteiger partial charge in [-0.1, -0.05) is 43.9 Å². The Kier molecular flexibility index (Phi) is 6.20. The van der Waals surface area contributed by atoms with Gasteiger partial charge in [-0.25, -0.2) is 18.1 Å². The summed E-state index contributed by atoms with van der Waals surface area (Å²) in [4.78, 5) is 22.0. The van der Waals surface area contributed by atoms with Gasteiger partial charge in [0, 0.05) is 30.5 Å². The Hall–Kier alpha value is -2.36. The molecule has 3 aliphatic rings. The van der Waals surface area contributed by atoms with Crippen molar-refractivity contribution in [2.24, 2.45) is 23.2 Å². The lowest BCUT2D eigenvalue weighted by molar-refractivity contribution is -0.123. The highest BCUT2D eigenvalue weighted by molar-refractivity contribution is 7.93. The Morgan fingerprint density at radius 2 is 2.09 bits per heavy atom. The number of carbonyl (C=O) groups is 1. The number of sulfonamides is 1. The fourth-order valence-corrected chi connectivity index (χ4v) is 7.17. The van der Waals surface area contributed by atoms with Gasteiger partial charge in [-0.15, -0.1) is 11.3 Å². The van der Waals surface area contributed by atoms with Crippen LogP contribution in [0.25, 0.3) is 0 Å². The average Bonchev–Trinajstić information content (AvgIpc) is 3.17. The van der Waals surface area contributed by atoms with Gasteiger partial charge in [0.1, 0.15) is 0 Å². The number of hydrogen-bond acceptors (Lipinski definition) is 6. The lowest BCUT2D eigenvalue weighted by Gasteiger charge is -2.28. The molecule has 7 nitrogen and oxygen atoms in total. The first kappa shape index (κ1) is 22.4. The molecule has 0 aliphatic heterocycles. The van der Waals surface area contributed by atoms with Crippen LogP contribution < -0.4 is 10.0 Å². The number of amides is 1. The van der Waals surface area contributed by atoms with Gasteiger partial charge in [-0.3, -0.25) is 9.78 Å². The molecular weight excluding hydrogens is 456 g/mol. The van der Waals surface area contributed by atoms with Crippen molar-refractivity contribution in [3.05, 3.63) is 64.8 Å². The van der Waals surface area contributed by atoms with Crippen LogP contribution in [0.1, 0.15) is 44.1 Å². The second-order valence-corrected chi connectivity index (χ2v) is 11.8. The van der Waals surface area contributed by atoms with Gasteiger partial charge in [0.05, 0.1) is 10.3 Å². The SMILES string of the molecule is O=C(Nc1nccs1)[C@]1(C2C=CC(S(=O)(=O)NCc3cccnc3)=CC2)C[C@H]1C1CCCC1. The summed E-state index contributed by atoms with van der Waals surface area (Å²) in [7, 11) is -3.63. The van der Waals surface area contributed by atoms with Gasteiger partial charge in [0.2, 0.25) is 15.9 Å². The third kappa shape index (κ3) is 4.54. The highest BCUT2D eigenvalue weighted by atomic mass is 32.2. The van der Waals surface area contributed by atoms with Crippen LogP contribution in [0.3, 0.4) is 0 Å². The van der Waals surface area contributed by atoms with Crippen molar-refractivity contribution in [2.75, 3.05) is 5.32 Å². The molecule has 174 valence electrons. The molecule has 5 rings (SSSR count). The number of anilines is 1. The van der Waals surface area contributed by atoms with E-state index in [1.807, 2.05) is 17.5 Å². The molecule has 33 heavy (non-hydrogen) atoms. The highest BCUT2D eigenvalue weighted by Gasteiger charge is 2.65. The quantitative estimate of drug-likeness (QED) is 0.583. The minimum Gasteiger partial charge on any atom is -0.301 e. The van der Waals surface area contributed by atoms with Crippen LogP contribution in [0.2, 0.25) is 0 Å². The zero-order valence-corrected chi connectivity index (χ0v) is 19.9. The van der Waals surface area contributed by atoms with E-state index in [0.717, 1.165) is 12.0 Å². The van der Waals surface area contributed by atoms with E-state index in [4.69, 9.17) is 0 Å². The molecule has 2 saturated carbocycles. The largest absolute Gasteiger partial charge is 0.301 e. The molecular formula is C24H28N4O3S2. The Morgan fingerprint density at radius 1 is 1.24 bits per heavy atom. The van der Waals surface area contributed by atoms with Crippen LogP contribution in [0.5, 0.6) is 0 Å². The summed E-state index contributed by atoms with van der Waals surface area (Å²) in [6.07, 6.45) is 16.6. The van der Waals surface area contributed by atoms with Gasteiger partial charge < -0.3 is 5.32 Å². The van der Waals surface area contributed by atoms with Crippen molar-refractivity contribution in [1.82, 2.24) is 14.7 Å². The summed E-state index contributed by atoms with van der Waals surface area (Å²) in [5.74, 6) is 0.944. The van der Waals surface area contributed by atoms with E-state index >= 15 is 0 Å². The van der Waals surface area contributed by atoms with Gasteiger partial charge >= 0.3 is 0 Å². The minimum absolute atomic E-state index is 0.0136. The van der Waals surface area contributed by atoms with E-state index in [0.29, 0.717) is 23.4 Å². The number of hydrogen-bond donors (Lipinski definition) is 2. The molecule has 0 saturated heterocycles. The Bertz CT molecular complexity index is 1160. The van der Waals surface area contributed by atoms with Crippen molar-refractivity contribution in [3.63, 3.8) is 0 Å². The van der Waals surface area contributed by atoms with Crippen LogP contribution >= 0.6 is 11.3 Å². The predicted octanol–water partition coefficient (Wildman–Crippen LogP) is 4.25. The van der Waals surface area contributed by atoms with Gasteiger partial charge in [0.15, 0.2) is 5.13 Å². The zero-order valence-electron chi connectivity index (χ0n) is 18.3. The molecule has 3 aliphatic carbocycles. The third-order valence-corrected chi connectivity index (χ3v) is 9.47. The molecule has 2 heterocycles. The first-order chi connectivity index (χ1) is 16.0. The summed E-state index contributed by atoms with van der Waals surface area (Å²) >= 11 is 1.42. The maximum atomic E-state index is 13.5. The number of pyridine rings is 1. The monoisotopic (exact) mass is 484 g/mol. The standard InChI is InChI=1S/C24H28N4O3S2/c29-22(28-23-26-12-13-32-23)24(14-21(24)18-5-1-2-6-18)19-7-9-20(10-8-19)33(30,31)27-16-17-4-3-11-25-15-17/h3-4,7,9-13,15,18-19,21,27H,1-2,5-6,8,14,16H2,(H,26,28,29)/t19?,21-,24-/m0/s1. The molecule has 0 radical (unpaired) electrons. The second kappa shape index (κ2) is 9.12. The van der Waals surface area contributed by atoms with Crippen molar-refractivity contribution in [2.45, 2.75) is 45.1 Å². The molecule has 0 aromatic carbocycles. The number of nitrogens with zero attached hydrogens (tertiary/aromatic N) is 2. The summed E-state index contributed by atoms with van der Waals surface area (Å²) in [6, 6.07) is 3.61. The van der Waals surface area contributed by atoms with E-state index in [9.17, 15) is 13.2 Å². The fraction of sp³-hybridized carbons (Fsp3) is 0.458. The van der Waals surface area contributed by atoms with Gasteiger partial charge in [-0.05, 0) is 48.3 Å². The summed E-state index contributed by atoms with van der Waals surface area (Å²) in [5.41, 5.74) is 0.320. The van der Waals surface area contributed by atoms with Gasteiger partial charge in [-0.2, -0.15) is 0 Å². The molecule has 9 heteroatoms. The maximum absolute atomic E-state index is 13.5. The van der Waals surface area contributed by atoms with Crippen molar-refractivity contribution >= 4 is 32.4 Å². The van der Waals surface area contributed by atoms with Crippen molar-refractivity contribution < 1.29 is 13.2 Å². The molecule has 0 bridgehead atoms. The van der Waals surface area contributed by atoms with Gasteiger partial charge in [0.25, 0.3) is 0 Å². The Labute approximate surface area is 198 Å². The van der Waals surface area contributed by atoms with E-state index in [2.05, 4.69) is 20.0 Å². The number of thiazole rings is 1. The lowest BCUT2D eigenvalue weighted by atomic mass is 9.78. The van der Waals surface area contributed by atoms with Crippen LogP contribution in [0.4, 0.5) is 5.13 Å². The summed E-state index contributed by atoms with van der Waals surface area (Å²) < 4.78 is 28.3. The van der Waals surface area contributed by atoms with Crippen LogP contribution in [0.15, 0.2) is 59.2 Å². The van der Waals surface area contributed by atoms with E-state index in [1.165, 1.54) is 37.0 Å². The molecule has 0 spiro atoms. The van der Waals surface area contributed by atoms with E-state index < -0.39 is 15.4 Å². The number of carbonyl (C=O) groups excluding carboxylic acids is 1.